The van der Waals surface area contributed by atoms with Gasteiger partial charge in [-0.15, -0.1) is 0 Å². The van der Waals surface area contributed by atoms with Crippen LogP contribution < -0.4 is 15.2 Å². The van der Waals surface area contributed by atoms with E-state index in [0.29, 0.717) is 6.61 Å². The smallest absolute Gasteiger partial charge is 0.164 e. The molecule has 0 aliphatic carbocycles. The van der Waals surface area contributed by atoms with Crippen LogP contribution in [0.4, 0.5) is 0 Å². The first-order valence-corrected chi connectivity index (χ1v) is 4.35. The molecule has 0 unspecified atom stereocenters. The number of fused-ring (bicyclic) bond motifs is 1. The Morgan fingerprint density at radius 3 is 3.15 bits per heavy atom. The predicted molar refractivity (Wildman–Crippen MR) is 50.2 cm³/mol. The third kappa shape index (κ3) is 1.47. The van der Waals surface area contributed by atoms with Crippen molar-refractivity contribution in [2.75, 3.05) is 13.7 Å². The van der Waals surface area contributed by atoms with Crippen molar-refractivity contribution in [2.24, 2.45) is 5.73 Å². The third-order valence-electron chi connectivity index (χ3n) is 2.20. The average molecular weight is 179 g/mol. The third-order valence-corrected chi connectivity index (χ3v) is 2.20. The summed E-state index contributed by atoms with van der Waals surface area (Å²) >= 11 is 0. The van der Waals surface area contributed by atoms with Crippen molar-refractivity contribution in [3.8, 4) is 11.5 Å². The number of hydrogen-bond donors (Lipinski definition) is 1. The number of nitrogens with two attached hydrogens (primary N) is 1. The van der Waals surface area contributed by atoms with Gasteiger partial charge in [0.1, 0.15) is 6.61 Å². The van der Waals surface area contributed by atoms with Crippen molar-refractivity contribution < 1.29 is 9.47 Å². The molecule has 70 valence electrons. The molecule has 2 rings (SSSR count). The molecular formula is C10H13NO2. The number of ether oxygens (including phenoxy) is 2. The SMILES string of the molecule is COc1cccc2c1OC[C@@H](N)C2. The highest BCUT2D eigenvalue weighted by Gasteiger charge is 2.19. The normalized spacial score (nSPS) is 20.3. The van der Waals surface area contributed by atoms with Gasteiger partial charge in [-0.2, -0.15) is 0 Å². The zero-order valence-corrected chi connectivity index (χ0v) is 7.62. The molecule has 0 saturated carbocycles. The standard InChI is InChI=1S/C10H13NO2/c1-12-9-4-2-3-7-5-8(11)6-13-10(7)9/h2-4,8H,5-6,11H2,1H3/t8-/m0/s1. The Hall–Kier alpha value is -1.22. The van der Waals surface area contributed by atoms with Crippen LogP contribution >= 0.6 is 0 Å². The van der Waals surface area contributed by atoms with Gasteiger partial charge in [0, 0.05) is 6.04 Å². The summed E-state index contributed by atoms with van der Waals surface area (Å²) in [5.74, 6) is 1.65. The van der Waals surface area contributed by atoms with E-state index in [-0.39, 0.29) is 6.04 Å². The van der Waals surface area contributed by atoms with Crippen LogP contribution in [0.15, 0.2) is 18.2 Å². The minimum atomic E-state index is 0.111. The first-order valence-electron chi connectivity index (χ1n) is 4.35. The van der Waals surface area contributed by atoms with Gasteiger partial charge in [-0.05, 0) is 18.1 Å². The first kappa shape index (κ1) is 8.38. The zero-order chi connectivity index (χ0) is 9.26. The summed E-state index contributed by atoms with van der Waals surface area (Å²) in [4.78, 5) is 0. The fourth-order valence-electron chi connectivity index (χ4n) is 1.58. The molecule has 0 saturated heterocycles. The topological polar surface area (TPSA) is 44.5 Å². The van der Waals surface area contributed by atoms with E-state index in [9.17, 15) is 0 Å². The lowest BCUT2D eigenvalue weighted by Crippen LogP contribution is -2.33. The molecule has 0 amide bonds. The van der Waals surface area contributed by atoms with Crippen LogP contribution in [0.2, 0.25) is 0 Å². The Kier molecular flexibility index (Phi) is 2.10. The van der Waals surface area contributed by atoms with Crippen molar-refractivity contribution >= 4 is 0 Å². The van der Waals surface area contributed by atoms with Gasteiger partial charge in [0.05, 0.1) is 7.11 Å². The summed E-state index contributed by atoms with van der Waals surface area (Å²) in [6, 6.07) is 5.99. The fourth-order valence-corrected chi connectivity index (χ4v) is 1.58. The van der Waals surface area contributed by atoms with Crippen molar-refractivity contribution in [3.63, 3.8) is 0 Å². The van der Waals surface area contributed by atoms with Gasteiger partial charge < -0.3 is 15.2 Å². The average Bonchev–Trinajstić information content (AvgIpc) is 2.16. The maximum Gasteiger partial charge on any atom is 0.164 e. The monoisotopic (exact) mass is 179 g/mol. The van der Waals surface area contributed by atoms with Gasteiger partial charge in [-0.25, -0.2) is 0 Å². The number of rotatable bonds is 1. The molecule has 0 radical (unpaired) electrons. The molecule has 2 N–H and O–H groups in total. The number of para-hydroxylation sites is 1. The van der Waals surface area contributed by atoms with Crippen LogP contribution in [0, 0.1) is 0 Å². The van der Waals surface area contributed by atoms with E-state index >= 15 is 0 Å². The lowest BCUT2D eigenvalue weighted by atomic mass is 10.0. The predicted octanol–water partition coefficient (Wildman–Crippen LogP) is 0.957. The van der Waals surface area contributed by atoms with E-state index in [0.717, 1.165) is 23.5 Å². The zero-order valence-electron chi connectivity index (χ0n) is 7.62. The Labute approximate surface area is 77.5 Å². The number of hydrogen-bond acceptors (Lipinski definition) is 3. The van der Waals surface area contributed by atoms with Crippen molar-refractivity contribution in [1.82, 2.24) is 0 Å². The van der Waals surface area contributed by atoms with Crippen molar-refractivity contribution in [3.05, 3.63) is 23.8 Å². The maximum absolute atomic E-state index is 5.78. The van der Waals surface area contributed by atoms with Crippen LogP contribution in [0.5, 0.6) is 11.5 Å². The summed E-state index contributed by atoms with van der Waals surface area (Å²) in [5.41, 5.74) is 6.91. The molecule has 0 fully saturated rings. The van der Waals surface area contributed by atoms with Gasteiger partial charge in [-0.3, -0.25) is 0 Å². The lowest BCUT2D eigenvalue weighted by Gasteiger charge is -2.23. The summed E-state index contributed by atoms with van der Waals surface area (Å²) in [5, 5.41) is 0. The summed E-state index contributed by atoms with van der Waals surface area (Å²) in [6.07, 6.45) is 0.868. The molecule has 3 heteroatoms. The lowest BCUT2D eigenvalue weighted by molar-refractivity contribution is 0.248. The minimum absolute atomic E-state index is 0.111. The van der Waals surface area contributed by atoms with Crippen LogP contribution in [0.25, 0.3) is 0 Å². The van der Waals surface area contributed by atoms with Gasteiger partial charge in [-0.1, -0.05) is 12.1 Å². The molecule has 1 aromatic rings. The van der Waals surface area contributed by atoms with Crippen LogP contribution in [-0.4, -0.2) is 19.8 Å². The molecular weight excluding hydrogens is 166 g/mol. The van der Waals surface area contributed by atoms with E-state index < -0.39 is 0 Å². The number of benzene rings is 1. The number of methoxy groups -OCH3 is 1. The van der Waals surface area contributed by atoms with E-state index in [1.807, 2.05) is 18.2 Å². The highest BCUT2D eigenvalue weighted by molar-refractivity contribution is 5.47. The highest BCUT2D eigenvalue weighted by atomic mass is 16.5. The van der Waals surface area contributed by atoms with Crippen LogP contribution in [0.1, 0.15) is 5.56 Å². The van der Waals surface area contributed by atoms with Gasteiger partial charge >= 0.3 is 0 Å². The molecule has 1 aromatic carbocycles. The second-order valence-corrected chi connectivity index (χ2v) is 3.22. The molecule has 1 atom stereocenters. The van der Waals surface area contributed by atoms with Crippen LogP contribution in [0.3, 0.4) is 0 Å². The molecule has 0 spiro atoms. The van der Waals surface area contributed by atoms with E-state index in [1.54, 1.807) is 7.11 Å². The second kappa shape index (κ2) is 3.26. The fraction of sp³-hybridized carbons (Fsp3) is 0.400. The maximum atomic E-state index is 5.78. The summed E-state index contributed by atoms with van der Waals surface area (Å²) in [7, 11) is 1.65. The second-order valence-electron chi connectivity index (χ2n) is 3.22. The Balaban J connectivity index is 2.39. The van der Waals surface area contributed by atoms with Gasteiger partial charge in [0.15, 0.2) is 11.5 Å². The molecule has 0 bridgehead atoms. The molecule has 1 aliphatic heterocycles. The van der Waals surface area contributed by atoms with E-state index in [2.05, 4.69) is 0 Å². The molecule has 3 nitrogen and oxygen atoms in total. The molecule has 13 heavy (non-hydrogen) atoms. The Bertz CT molecular complexity index is 312. The largest absolute Gasteiger partial charge is 0.493 e. The Morgan fingerprint density at radius 2 is 2.38 bits per heavy atom. The van der Waals surface area contributed by atoms with Crippen molar-refractivity contribution in [1.29, 1.82) is 0 Å². The first-order chi connectivity index (χ1) is 6.31. The molecule has 0 aromatic heterocycles. The van der Waals surface area contributed by atoms with Crippen LogP contribution in [-0.2, 0) is 6.42 Å². The molecule has 1 heterocycles. The summed E-state index contributed by atoms with van der Waals surface area (Å²) in [6.45, 7) is 0.577. The van der Waals surface area contributed by atoms with Gasteiger partial charge in [0.25, 0.3) is 0 Å². The van der Waals surface area contributed by atoms with E-state index in [1.165, 1.54) is 0 Å². The summed E-state index contributed by atoms with van der Waals surface area (Å²) < 4.78 is 10.7. The quantitative estimate of drug-likeness (QED) is 0.698. The highest BCUT2D eigenvalue weighted by Crippen LogP contribution is 2.33. The van der Waals surface area contributed by atoms with Gasteiger partial charge in [0.2, 0.25) is 0 Å². The minimum Gasteiger partial charge on any atom is -0.493 e. The van der Waals surface area contributed by atoms with E-state index in [4.69, 9.17) is 15.2 Å². The van der Waals surface area contributed by atoms with Crippen molar-refractivity contribution in [2.45, 2.75) is 12.5 Å². The molecule has 1 aliphatic rings. The Morgan fingerprint density at radius 1 is 1.54 bits per heavy atom.